The Balaban J connectivity index is 1.84. The third kappa shape index (κ3) is 3.47. The van der Waals surface area contributed by atoms with Gasteiger partial charge in [0.25, 0.3) is 0 Å². The lowest BCUT2D eigenvalue weighted by molar-refractivity contribution is 0.0988. The van der Waals surface area contributed by atoms with Crippen LogP contribution in [0.15, 0.2) is 47.6 Å². The Morgan fingerprint density at radius 1 is 1.33 bits per heavy atom. The molecular formula is C14H16N2OS. The quantitative estimate of drug-likeness (QED) is 0.590. The molecule has 1 aromatic heterocycles. The molecule has 0 fully saturated rings. The van der Waals surface area contributed by atoms with Gasteiger partial charge in [-0.15, -0.1) is 11.8 Å². The van der Waals surface area contributed by atoms with E-state index in [0.29, 0.717) is 12.0 Å². The summed E-state index contributed by atoms with van der Waals surface area (Å²) in [4.78, 5) is 12.7. The highest BCUT2D eigenvalue weighted by molar-refractivity contribution is 7.99. The van der Waals surface area contributed by atoms with Crippen molar-refractivity contribution in [2.24, 2.45) is 0 Å². The minimum absolute atomic E-state index is 0.150. The molecule has 0 aliphatic carbocycles. The number of carbonyl (C=O) groups is 1. The molecule has 0 radical (unpaired) electrons. The molecule has 2 rings (SSSR count). The van der Waals surface area contributed by atoms with E-state index in [1.807, 2.05) is 36.0 Å². The zero-order chi connectivity index (χ0) is 12.8. The summed E-state index contributed by atoms with van der Waals surface area (Å²) in [5, 5.41) is 4.20. The van der Waals surface area contributed by atoms with E-state index in [2.05, 4.69) is 17.2 Å². The second-order valence-corrected chi connectivity index (χ2v) is 5.10. The van der Waals surface area contributed by atoms with Crippen molar-refractivity contribution in [3.8, 4) is 0 Å². The predicted molar refractivity (Wildman–Crippen MR) is 74.0 cm³/mol. The van der Waals surface area contributed by atoms with Gasteiger partial charge < -0.3 is 0 Å². The highest BCUT2D eigenvalue weighted by Gasteiger charge is 2.05. The number of hydrogen-bond donors (Lipinski definition) is 0. The van der Waals surface area contributed by atoms with Crippen molar-refractivity contribution in [3.05, 3.63) is 48.3 Å². The van der Waals surface area contributed by atoms with Gasteiger partial charge in [0.2, 0.25) is 0 Å². The minimum atomic E-state index is 0.150. The van der Waals surface area contributed by atoms with Crippen LogP contribution in [0.2, 0.25) is 0 Å². The van der Waals surface area contributed by atoms with Crippen LogP contribution in [-0.2, 0) is 6.54 Å². The molecular weight excluding hydrogens is 244 g/mol. The van der Waals surface area contributed by atoms with Crippen LogP contribution in [0.3, 0.4) is 0 Å². The van der Waals surface area contributed by atoms with Crippen LogP contribution < -0.4 is 0 Å². The lowest BCUT2D eigenvalue weighted by atomic mass is 10.2. The topological polar surface area (TPSA) is 34.9 Å². The first-order chi connectivity index (χ1) is 8.79. The van der Waals surface area contributed by atoms with E-state index in [0.717, 1.165) is 12.3 Å². The van der Waals surface area contributed by atoms with Crippen LogP contribution in [-0.4, -0.2) is 21.3 Å². The van der Waals surface area contributed by atoms with Gasteiger partial charge in [-0.1, -0.05) is 25.1 Å². The highest BCUT2D eigenvalue weighted by Crippen LogP contribution is 2.17. The lowest BCUT2D eigenvalue weighted by Gasteiger charge is -2.01. The molecule has 0 amide bonds. The second kappa shape index (κ2) is 6.40. The molecule has 4 heteroatoms. The number of thioether (sulfide) groups is 1. The minimum Gasteiger partial charge on any atom is -0.294 e. The molecule has 0 aliphatic rings. The fourth-order valence-corrected chi connectivity index (χ4v) is 2.47. The van der Waals surface area contributed by atoms with Crippen LogP contribution in [0.25, 0.3) is 0 Å². The maximum atomic E-state index is 11.5. The van der Waals surface area contributed by atoms with Gasteiger partial charge in [0, 0.05) is 23.3 Å². The van der Waals surface area contributed by atoms with E-state index in [9.17, 15) is 4.79 Å². The summed E-state index contributed by atoms with van der Waals surface area (Å²) in [5.74, 6) is 1.10. The van der Waals surface area contributed by atoms with Gasteiger partial charge in [-0.2, -0.15) is 5.10 Å². The Labute approximate surface area is 111 Å². The zero-order valence-electron chi connectivity index (χ0n) is 10.4. The van der Waals surface area contributed by atoms with E-state index >= 15 is 0 Å². The second-order valence-electron chi connectivity index (χ2n) is 3.93. The Morgan fingerprint density at radius 3 is 2.83 bits per heavy atom. The summed E-state index contributed by atoms with van der Waals surface area (Å²) in [5.41, 5.74) is 0.710. The van der Waals surface area contributed by atoms with E-state index in [1.54, 1.807) is 18.0 Å². The average molecular weight is 260 g/mol. The number of carbonyl (C=O) groups excluding carboxylic acids is 1. The fraction of sp³-hybridized carbons (Fsp3) is 0.286. The van der Waals surface area contributed by atoms with Gasteiger partial charge >= 0.3 is 0 Å². The predicted octanol–water partition coefficient (Wildman–Crippen LogP) is 3.27. The molecule has 3 nitrogen and oxygen atoms in total. The summed E-state index contributed by atoms with van der Waals surface area (Å²) in [6.45, 7) is 2.68. The maximum Gasteiger partial charge on any atom is 0.165 e. The highest BCUT2D eigenvalue weighted by atomic mass is 32.2. The Hall–Kier alpha value is -1.55. The number of nitrogens with zero attached hydrogens (tertiary/aromatic N) is 2. The molecule has 94 valence electrons. The van der Waals surface area contributed by atoms with Crippen molar-refractivity contribution >= 4 is 17.5 Å². The Kier molecular flexibility index (Phi) is 4.59. The van der Waals surface area contributed by atoms with Gasteiger partial charge in [-0.05, 0) is 12.1 Å². The lowest BCUT2D eigenvalue weighted by Crippen LogP contribution is -2.01. The van der Waals surface area contributed by atoms with Crippen molar-refractivity contribution in [1.29, 1.82) is 0 Å². The number of aryl methyl sites for hydroxylation is 1. The van der Waals surface area contributed by atoms with Gasteiger partial charge in [0.15, 0.2) is 5.78 Å². The number of ketones is 1. The van der Waals surface area contributed by atoms with Crippen LogP contribution in [0.4, 0.5) is 0 Å². The summed E-state index contributed by atoms with van der Waals surface area (Å²) >= 11 is 1.79. The molecule has 0 spiro atoms. The van der Waals surface area contributed by atoms with Crippen molar-refractivity contribution < 1.29 is 4.79 Å². The molecule has 1 heterocycles. The van der Waals surface area contributed by atoms with Crippen molar-refractivity contribution in [2.45, 2.75) is 24.8 Å². The number of benzene rings is 1. The first kappa shape index (κ1) is 12.9. The average Bonchev–Trinajstić information content (AvgIpc) is 2.88. The van der Waals surface area contributed by atoms with Gasteiger partial charge in [0.1, 0.15) is 0 Å². The van der Waals surface area contributed by atoms with E-state index < -0.39 is 0 Å². The number of Topliss-reactive ketones (excluding diaryl/α,β-unsaturated/α-hetero) is 1. The van der Waals surface area contributed by atoms with E-state index in [-0.39, 0.29) is 5.78 Å². The van der Waals surface area contributed by atoms with E-state index in [4.69, 9.17) is 0 Å². The van der Waals surface area contributed by atoms with Crippen LogP contribution in [0.1, 0.15) is 23.7 Å². The Bertz CT molecular complexity index is 508. The normalized spacial score (nSPS) is 10.5. The summed E-state index contributed by atoms with van der Waals surface area (Å²) < 4.78 is 1.83. The molecule has 1 aromatic carbocycles. The monoisotopic (exact) mass is 260 g/mol. The van der Waals surface area contributed by atoms with Crippen molar-refractivity contribution in [1.82, 2.24) is 9.78 Å². The summed E-state index contributed by atoms with van der Waals surface area (Å²) in [7, 11) is 0. The Morgan fingerprint density at radius 2 is 2.11 bits per heavy atom. The van der Waals surface area contributed by atoms with Crippen LogP contribution >= 0.6 is 11.8 Å². The maximum absolute atomic E-state index is 11.5. The molecule has 0 unspecified atom stereocenters. The molecule has 0 atom stereocenters. The third-order valence-electron chi connectivity index (χ3n) is 2.61. The molecule has 0 saturated carbocycles. The fourth-order valence-electron chi connectivity index (χ4n) is 1.61. The molecule has 0 saturated heterocycles. The standard InChI is InChI=1S/C14H16N2OS/c1-2-14(17)12-10-15-16(11-12)8-9-18-13-6-4-3-5-7-13/h3-7,10-11H,2,8-9H2,1H3. The molecule has 0 bridgehead atoms. The van der Waals surface area contributed by atoms with E-state index in [1.165, 1.54) is 4.90 Å². The number of hydrogen-bond acceptors (Lipinski definition) is 3. The van der Waals surface area contributed by atoms with Crippen LogP contribution in [0, 0.1) is 0 Å². The number of aromatic nitrogens is 2. The largest absolute Gasteiger partial charge is 0.294 e. The van der Waals surface area contributed by atoms with Gasteiger partial charge in [0.05, 0.1) is 18.3 Å². The smallest absolute Gasteiger partial charge is 0.165 e. The van der Waals surface area contributed by atoms with Gasteiger partial charge in [-0.25, -0.2) is 0 Å². The molecule has 0 aliphatic heterocycles. The van der Waals surface area contributed by atoms with Crippen molar-refractivity contribution in [2.75, 3.05) is 5.75 Å². The molecule has 0 N–H and O–H groups in total. The SMILES string of the molecule is CCC(=O)c1cnn(CCSc2ccccc2)c1. The van der Waals surface area contributed by atoms with Crippen LogP contribution in [0.5, 0.6) is 0 Å². The summed E-state index contributed by atoms with van der Waals surface area (Å²) in [6.07, 6.45) is 4.01. The molecule has 18 heavy (non-hydrogen) atoms. The first-order valence-corrected chi connectivity index (χ1v) is 7.01. The first-order valence-electron chi connectivity index (χ1n) is 6.03. The third-order valence-corrected chi connectivity index (χ3v) is 3.60. The summed E-state index contributed by atoms with van der Waals surface area (Å²) in [6, 6.07) is 10.3. The number of rotatable bonds is 6. The van der Waals surface area contributed by atoms with Gasteiger partial charge in [-0.3, -0.25) is 9.48 Å². The van der Waals surface area contributed by atoms with Crippen molar-refractivity contribution in [3.63, 3.8) is 0 Å². The zero-order valence-corrected chi connectivity index (χ0v) is 11.2. The molecule has 2 aromatic rings.